The third-order valence-electron chi connectivity index (χ3n) is 7.84. The zero-order valence-corrected chi connectivity index (χ0v) is 23.1. The van der Waals surface area contributed by atoms with Crippen molar-refractivity contribution in [2.75, 3.05) is 12.0 Å². The Bertz CT molecular complexity index is 1320. The highest BCUT2D eigenvalue weighted by molar-refractivity contribution is 5.95. The molecule has 2 N–H and O–H groups in total. The van der Waals surface area contributed by atoms with Gasteiger partial charge in [-0.1, -0.05) is 50.6 Å². The predicted molar refractivity (Wildman–Crippen MR) is 150 cm³/mol. The number of aryl methyl sites for hydroxylation is 1. The molecule has 0 bridgehead atoms. The minimum Gasteiger partial charge on any atom is -0.481 e. The van der Waals surface area contributed by atoms with E-state index >= 15 is 0 Å². The van der Waals surface area contributed by atoms with Crippen LogP contribution in [0.4, 0.5) is 10.5 Å². The Labute approximate surface area is 229 Å². The van der Waals surface area contributed by atoms with Gasteiger partial charge in [0.2, 0.25) is 6.41 Å². The lowest BCUT2D eigenvalue weighted by atomic mass is 9.85. The average Bonchev–Trinajstić information content (AvgIpc) is 3.36. The fourth-order valence-corrected chi connectivity index (χ4v) is 6.04. The number of carbonyl (C=O) groups excluding carboxylic acids is 2. The van der Waals surface area contributed by atoms with Gasteiger partial charge in [-0.25, -0.2) is 9.78 Å². The number of carbonyl (C=O) groups is 3. The van der Waals surface area contributed by atoms with E-state index in [2.05, 4.69) is 9.88 Å². The molecule has 39 heavy (non-hydrogen) atoms. The number of hydrogen-bond acceptors (Lipinski definition) is 5. The summed E-state index contributed by atoms with van der Waals surface area (Å²) in [6.45, 7) is 6.00. The number of anilines is 1. The summed E-state index contributed by atoms with van der Waals surface area (Å²) in [6, 6.07) is 13.0. The molecule has 2 aliphatic rings. The van der Waals surface area contributed by atoms with Crippen LogP contribution in [0.2, 0.25) is 0 Å². The monoisotopic (exact) mass is 534 g/mol. The molecule has 2 amide bonds. The minimum absolute atomic E-state index is 0.0116. The van der Waals surface area contributed by atoms with Gasteiger partial charge >= 0.3 is 12.1 Å². The topological polar surface area (TPSA) is 114 Å². The highest BCUT2D eigenvalue weighted by Crippen LogP contribution is 2.42. The van der Waals surface area contributed by atoms with Crippen LogP contribution in [0, 0.1) is 5.92 Å². The van der Waals surface area contributed by atoms with Crippen LogP contribution in [0.1, 0.15) is 81.9 Å². The van der Waals surface area contributed by atoms with Gasteiger partial charge in [-0.3, -0.25) is 14.5 Å². The number of nitrogens with one attached hydrogen (secondary N) is 1. The van der Waals surface area contributed by atoms with Gasteiger partial charge in [0.15, 0.2) is 0 Å². The molecule has 4 atom stereocenters. The number of carboxylic acids is 1. The molecule has 2 aromatic carbocycles. The Balaban J connectivity index is 0.00000172. The van der Waals surface area contributed by atoms with Gasteiger partial charge in [-0.2, -0.15) is 0 Å². The van der Waals surface area contributed by atoms with E-state index in [1.165, 1.54) is 7.11 Å². The Morgan fingerprint density at radius 1 is 1.13 bits per heavy atom. The van der Waals surface area contributed by atoms with Crippen molar-refractivity contribution < 1.29 is 24.2 Å². The van der Waals surface area contributed by atoms with E-state index in [1.807, 2.05) is 63.2 Å². The largest absolute Gasteiger partial charge is 0.481 e. The number of fused-ring (bicyclic) bond motifs is 3. The molecule has 1 aromatic heterocycles. The summed E-state index contributed by atoms with van der Waals surface area (Å²) < 4.78 is 7.21. The first-order chi connectivity index (χ1) is 18.9. The first-order valence-corrected chi connectivity index (χ1v) is 13.8. The lowest BCUT2D eigenvalue weighted by Gasteiger charge is -2.34. The molecular formula is C30H38N4O5. The summed E-state index contributed by atoms with van der Waals surface area (Å²) in [4.78, 5) is 43.1. The number of rotatable bonds is 6. The van der Waals surface area contributed by atoms with E-state index in [-0.39, 0.29) is 12.1 Å². The van der Waals surface area contributed by atoms with Gasteiger partial charge in [0.25, 0.3) is 0 Å². The van der Waals surface area contributed by atoms with Crippen LogP contribution in [0.3, 0.4) is 0 Å². The normalized spacial score (nSPS) is 21.2. The lowest BCUT2D eigenvalue weighted by molar-refractivity contribution is -0.143. The molecule has 1 saturated carbocycles. The van der Waals surface area contributed by atoms with Crippen molar-refractivity contribution in [2.24, 2.45) is 5.92 Å². The van der Waals surface area contributed by atoms with E-state index in [4.69, 9.17) is 9.72 Å². The standard InChI is InChI=1S/C28H32N4O5.C2H6/c1-17-11-12-21-22(31(17)28(36)37-2)13-14-23-25(21)30-26(24(29-16-33)18-7-4-3-5-8-18)32(23)20-10-6-9-19(15-20)27(34)35;1-2/h3-5,7-8,13-14,16-17,19-20,24H,6,9-12,15H2,1-2H3,(H,29,33)(H,34,35);1-2H3. The molecule has 4 unspecified atom stereocenters. The fraction of sp³-hybridized carbons (Fsp3) is 0.467. The van der Waals surface area contributed by atoms with E-state index in [9.17, 15) is 19.5 Å². The highest BCUT2D eigenvalue weighted by Gasteiger charge is 2.35. The van der Waals surface area contributed by atoms with Crippen molar-refractivity contribution >= 4 is 35.2 Å². The Morgan fingerprint density at radius 3 is 2.54 bits per heavy atom. The number of amides is 2. The Morgan fingerprint density at radius 2 is 1.87 bits per heavy atom. The molecule has 1 aliphatic heterocycles. The van der Waals surface area contributed by atoms with Crippen LogP contribution in [-0.2, 0) is 20.7 Å². The number of hydrogen-bond donors (Lipinski definition) is 2. The van der Waals surface area contributed by atoms with Crippen molar-refractivity contribution in [1.82, 2.24) is 14.9 Å². The Kier molecular flexibility index (Phi) is 8.89. The van der Waals surface area contributed by atoms with Crippen molar-refractivity contribution in [3.63, 3.8) is 0 Å². The zero-order chi connectivity index (χ0) is 28.1. The van der Waals surface area contributed by atoms with Gasteiger partial charge in [-0.05, 0) is 56.7 Å². The number of nitrogens with zero attached hydrogens (tertiary/aromatic N) is 3. The molecule has 9 nitrogen and oxygen atoms in total. The van der Waals surface area contributed by atoms with Gasteiger partial charge in [0, 0.05) is 17.6 Å². The van der Waals surface area contributed by atoms with Crippen molar-refractivity contribution in [3.05, 3.63) is 59.4 Å². The molecule has 5 rings (SSSR count). The second kappa shape index (κ2) is 12.3. The first kappa shape index (κ1) is 28.1. The molecule has 0 radical (unpaired) electrons. The van der Waals surface area contributed by atoms with Crippen LogP contribution in [0.25, 0.3) is 11.0 Å². The quantitative estimate of drug-likeness (QED) is 0.397. The number of ether oxygens (including phenoxy) is 1. The molecule has 0 spiro atoms. The summed E-state index contributed by atoms with van der Waals surface area (Å²) in [5.74, 6) is -0.533. The summed E-state index contributed by atoms with van der Waals surface area (Å²) in [6.07, 6.45) is 4.57. The highest BCUT2D eigenvalue weighted by atomic mass is 16.5. The fourth-order valence-electron chi connectivity index (χ4n) is 6.04. The number of benzene rings is 2. The number of methoxy groups -OCH3 is 1. The van der Waals surface area contributed by atoms with Gasteiger partial charge in [0.05, 0.1) is 29.7 Å². The molecule has 1 aliphatic carbocycles. The smallest absolute Gasteiger partial charge is 0.414 e. The summed E-state index contributed by atoms with van der Waals surface area (Å²) in [7, 11) is 1.38. The second-order valence-corrected chi connectivity index (χ2v) is 9.98. The molecule has 208 valence electrons. The van der Waals surface area contributed by atoms with Crippen molar-refractivity contribution in [3.8, 4) is 0 Å². The van der Waals surface area contributed by atoms with E-state index in [1.54, 1.807) is 4.90 Å². The van der Waals surface area contributed by atoms with Crippen LogP contribution < -0.4 is 10.2 Å². The molecular weight excluding hydrogens is 496 g/mol. The van der Waals surface area contributed by atoms with Crippen LogP contribution in [0.5, 0.6) is 0 Å². The summed E-state index contributed by atoms with van der Waals surface area (Å²) >= 11 is 0. The number of imidazole rings is 1. The van der Waals surface area contributed by atoms with Crippen LogP contribution in [-0.4, -0.2) is 46.3 Å². The maximum absolute atomic E-state index is 12.6. The van der Waals surface area contributed by atoms with E-state index in [0.29, 0.717) is 25.1 Å². The minimum atomic E-state index is -0.776. The third-order valence-corrected chi connectivity index (χ3v) is 7.84. The molecule has 2 heterocycles. The van der Waals surface area contributed by atoms with Gasteiger partial charge in [0.1, 0.15) is 11.9 Å². The number of aromatic nitrogens is 2. The van der Waals surface area contributed by atoms with Crippen LogP contribution >= 0.6 is 0 Å². The van der Waals surface area contributed by atoms with Crippen molar-refractivity contribution in [1.29, 1.82) is 0 Å². The van der Waals surface area contributed by atoms with Gasteiger partial charge in [-0.15, -0.1) is 0 Å². The zero-order valence-electron chi connectivity index (χ0n) is 23.1. The lowest BCUT2D eigenvalue weighted by Crippen LogP contribution is -2.42. The first-order valence-electron chi connectivity index (χ1n) is 13.8. The second-order valence-electron chi connectivity index (χ2n) is 9.98. The van der Waals surface area contributed by atoms with E-state index in [0.717, 1.165) is 53.5 Å². The molecule has 3 aromatic rings. The average molecular weight is 535 g/mol. The third kappa shape index (κ3) is 5.35. The number of carboxylic acid groups (broad SMARTS) is 1. The maximum atomic E-state index is 12.6. The molecule has 0 saturated heterocycles. The van der Waals surface area contributed by atoms with E-state index < -0.39 is 24.0 Å². The van der Waals surface area contributed by atoms with Crippen LogP contribution in [0.15, 0.2) is 42.5 Å². The summed E-state index contributed by atoms with van der Waals surface area (Å²) in [5, 5.41) is 12.7. The SMILES string of the molecule is CC.COC(=O)N1c2ccc3c(nc(C(NC=O)c4ccccc4)n3C3CCCC(C(=O)O)C3)c2CCC1C. The van der Waals surface area contributed by atoms with Crippen molar-refractivity contribution in [2.45, 2.75) is 77.4 Å². The molecule has 1 fully saturated rings. The van der Waals surface area contributed by atoms with Gasteiger partial charge < -0.3 is 19.7 Å². The Hall–Kier alpha value is -3.88. The molecule has 9 heteroatoms. The maximum Gasteiger partial charge on any atom is 0.414 e. The summed E-state index contributed by atoms with van der Waals surface area (Å²) in [5.41, 5.74) is 4.29. The predicted octanol–water partition coefficient (Wildman–Crippen LogP) is 5.62. The number of aliphatic carboxylic acids is 1.